The molecule has 0 spiro atoms. The lowest BCUT2D eigenvalue weighted by atomic mass is 10.1. The Labute approximate surface area is 120 Å². The van der Waals surface area contributed by atoms with Crippen LogP contribution in [0.1, 0.15) is 21.6 Å². The Morgan fingerprint density at radius 3 is 3.05 bits per heavy atom. The molecule has 1 aromatic carbocycles. The molecule has 1 N–H and O–H groups in total. The molecule has 2 aromatic heterocycles. The van der Waals surface area contributed by atoms with Gasteiger partial charge in [0, 0.05) is 18.6 Å². The van der Waals surface area contributed by atoms with Gasteiger partial charge in [-0.15, -0.1) is 0 Å². The number of aryl methyl sites for hydroxylation is 1. The first-order valence-corrected chi connectivity index (χ1v) is 6.39. The first-order valence-electron chi connectivity index (χ1n) is 6.39. The monoisotopic (exact) mass is 283 g/mol. The molecular weight excluding hydrogens is 270 g/mol. The van der Waals surface area contributed by atoms with Crippen molar-refractivity contribution in [2.45, 2.75) is 13.5 Å². The van der Waals surface area contributed by atoms with E-state index in [1.807, 2.05) is 19.2 Å². The number of benzene rings is 1. The molecule has 0 radical (unpaired) electrons. The molecule has 0 saturated carbocycles. The molecule has 106 valence electrons. The van der Waals surface area contributed by atoms with E-state index in [2.05, 4.69) is 9.97 Å². The Hall–Kier alpha value is -2.89. The molecule has 0 bridgehead atoms. The largest absolute Gasteiger partial charge is 0.486 e. The molecule has 0 aliphatic carbocycles. The van der Waals surface area contributed by atoms with Gasteiger partial charge >= 0.3 is 5.97 Å². The minimum Gasteiger partial charge on any atom is -0.486 e. The molecule has 0 saturated heterocycles. The molecule has 6 nitrogen and oxygen atoms in total. The zero-order chi connectivity index (χ0) is 14.8. The Morgan fingerprint density at radius 1 is 1.43 bits per heavy atom. The normalized spacial score (nSPS) is 10.7. The number of nitrogens with zero attached hydrogens (tertiary/aromatic N) is 3. The summed E-state index contributed by atoms with van der Waals surface area (Å²) in [5.41, 5.74) is 1.76. The fraction of sp³-hybridized carbons (Fsp3) is 0.133. The van der Waals surface area contributed by atoms with E-state index in [0.717, 1.165) is 5.56 Å². The van der Waals surface area contributed by atoms with Gasteiger partial charge in [-0.25, -0.2) is 14.8 Å². The van der Waals surface area contributed by atoms with Crippen molar-refractivity contribution in [2.75, 3.05) is 0 Å². The maximum atomic E-state index is 11.2. The van der Waals surface area contributed by atoms with Crippen molar-refractivity contribution in [1.82, 2.24) is 14.4 Å². The Bertz CT molecular complexity index is 778. The second kappa shape index (κ2) is 5.24. The molecule has 0 amide bonds. The quantitative estimate of drug-likeness (QED) is 0.795. The molecule has 6 heteroatoms. The molecule has 0 aliphatic heterocycles. The predicted octanol–water partition coefficient (Wildman–Crippen LogP) is 2.31. The number of carbonyl (C=O) groups is 1. The summed E-state index contributed by atoms with van der Waals surface area (Å²) in [6.45, 7) is 2.07. The maximum Gasteiger partial charge on any atom is 0.339 e. The van der Waals surface area contributed by atoms with Crippen LogP contribution in [0.5, 0.6) is 5.75 Å². The van der Waals surface area contributed by atoms with Crippen LogP contribution < -0.4 is 4.74 Å². The fourth-order valence-corrected chi connectivity index (χ4v) is 2.03. The first-order chi connectivity index (χ1) is 10.1. The molecule has 2 heterocycles. The fourth-order valence-electron chi connectivity index (χ4n) is 2.03. The highest BCUT2D eigenvalue weighted by molar-refractivity contribution is 5.90. The van der Waals surface area contributed by atoms with Gasteiger partial charge in [0.25, 0.3) is 0 Å². The van der Waals surface area contributed by atoms with Gasteiger partial charge in [-0.05, 0) is 30.7 Å². The van der Waals surface area contributed by atoms with Gasteiger partial charge < -0.3 is 9.84 Å². The summed E-state index contributed by atoms with van der Waals surface area (Å²) in [7, 11) is 0. The third-order valence-electron chi connectivity index (χ3n) is 3.03. The van der Waals surface area contributed by atoms with Gasteiger partial charge in [0.1, 0.15) is 17.9 Å². The number of carboxylic acids is 1. The topological polar surface area (TPSA) is 76.7 Å². The third kappa shape index (κ3) is 2.69. The Morgan fingerprint density at radius 2 is 2.29 bits per heavy atom. The van der Waals surface area contributed by atoms with Crippen molar-refractivity contribution in [3.63, 3.8) is 0 Å². The SMILES string of the molecule is Cc1ccc(C(=O)O)c(OCc2cn3cccnc3n2)c1. The molecular formula is C15H13N3O3. The third-order valence-corrected chi connectivity index (χ3v) is 3.03. The summed E-state index contributed by atoms with van der Waals surface area (Å²) in [6, 6.07) is 6.79. The van der Waals surface area contributed by atoms with Gasteiger partial charge in [-0.3, -0.25) is 4.40 Å². The van der Waals surface area contributed by atoms with E-state index in [4.69, 9.17) is 9.84 Å². The van der Waals surface area contributed by atoms with E-state index in [9.17, 15) is 4.79 Å². The molecule has 3 aromatic rings. The van der Waals surface area contributed by atoms with Crippen LogP contribution >= 0.6 is 0 Å². The van der Waals surface area contributed by atoms with Crippen LogP contribution in [0.3, 0.4) is 0 Å². The maximum absolute atomic E-state index is 11.2. The summed E-state index contributed by atoms with van der Waals surface area (Å²) in [4.78, 5) is 19.6. The molecule has 0 atom stereocenters. The number of aromatic carboxylic acids is 1. The molecule has 0 fully saturated rings. The number of aromatic nitrogens is 3. The van der Waals surface area contributed by atoms with E-state index in [1.165, 1.54) is 6.07 Å². The number of fused-ring (bicyclic) bond motifs is 1. The van der Waals surface area contributed by atoms with Crippen LogP contribution in [-0.4, -0.2) is 25.4 Å². The number of carboxylic acid groups (broad SMARTS) is 1. The molecule has 3 rings (SSSR count). The van der Waals surface area contributed by atoms with E-state index in [-0.39, 0.29) is 12.2 Å². The van der Waals surface area contributed by atoms with Crippen LogP contribution in [0.4, 0.5) is 0 Å². The Balaban J connectivity index is 1.84. The minimum absolute atomic E-state index is 0.141. The van der Waals surface area contributed by atoms with Crippen LogP contribution in [-0.2, 0) is 6.61 Å². The van der Waals surface area contributed by atoms with E-state index >= 15 is 0 Å². The van der Waals surface area contributed by atoms with Crippen LogP contribution in [0, 0.1) is 6.92 Å². The van der Waals surface area contributed by atoms with E-state index < -0.39 is 5.97 Å². The van der Waals surface area contributed by atoms with Crippen molar-refractivity contribution in [2.24, 2.45) is 0 Å². The van der Waals surface area contributed by atoms with Gasteiger partial charge in [0.15, 0.2) is 0 Å². The lowest BCUT2D eigenvalue weighted by Gasteiger charge is -2.08. The van der Waals surface area contributed by atoms with Gasteiger partial charge in [-0.2, -0.15) is 0 Å². The highest BCUT2D eigenvalue weighted by atomic mass is 16.5. The second-order valence-electron chi connectivity index (χ2n) is 4.65. The Kier molecular flexibility index (Phi) is 3.27. The predicted molar refractivity (Wildman–Crippen MR) is 75.5 cm³/mol. The number of rotatable bonds is 4. The van der Waals surface area contributed by atoms with E-state index in [0.29, 0.717) is 17.2 Å². The van der Waals surface area contributed by atoms with Crippen molar-refractivity contribution in [1.29, 1.82) is 0 Å². The first kappa shape index (κ1) is 13.1. The van der Waals surface area contributed by atoms with Crippen molar-refractivity contribution >= 4 is 11.7 Å². The molecule has 0 aliphatic rings. The zero-order valence-corrected chi connectivity index (χ0v) is 11.4. The number of hydrogen-bond donors (Lipinski definition) is 1. The summed E-state index contributed by atoms with van der Waals surface area (Å²) >= 11 is 0. The van der Waals surface area contributed by atoms with Crippen LogP contribution in [0.25, 0.3) is 5.78 Å². The average Bonchev–Trinajstić information content (AvgIpc) is 2.87. The number of imidazole rings is 1. The highest BCUT2D eigenvalue weighted by Crippen LogP contribution is 2.21. The number of ether oxygens (including phenoxy) is 1. The van der Waals surface area contributed by atoms with E-state index in [1.54, 1.807) is 28.9 Å². The highest BCUT2D eigenvalue weighted by Gasteiger charge is 2.12. The summed E-state index contributed by atoms with van der Waals surface area (Å²) < 4.78 is 7.40. The van der Waals surface area contributed by atoms with Crippen molar-refractivity contribution in [3.8, 4) is 5.75 Å². The summed E-state index contributed by atoms with van der Waals surface area (Å²) in [6.07, 6.45) is 5.31. The van der Waals surface area contributed by atoms with Crippen LogP contribution in [0.2, 0.25) is 0 Å². The molecule has 21 heavy (non-hydrogen) atoms. The number of hydrogen-bond acceptors (Lipinski definition) is 4. The minimum atomic E-state index is -1.01. The van der Waals surface area contributed by atoms with Gasteiger partial charge in [0.05, 0.1) is 5.69 Å². The smallest absolute Gasteiger partial charge is 0.339 e. The summed E-state index contributed by atoms with van der Waals surface area (Å²) in [5, 5.41) is 9.16. The van der Waals surface area contributed by atoms with Crippen LogP contribution in [0.15, 0.2) is 42.9 Å². The van der Waals surface area contributed by atoms with Gasteiger partial charge in [-0.1, -0.05) is 6.07 Å². The van der Waals surface area contributed by atoms with Crippen molar-refractivity contribution in [3.05, 3.63) is 59.7 Å². The average molecular weight is 283 g/mol. The summed E-state index contributed by atoms with van der Waals surface area (Å²) in [5.74, 6) is -0.0898. The van der Waals surface area contributed by atoms with Crippen molar-refractivity contribution < 1.29 is 14.6 Å². The lowest BCUT2D eigenvalue weighted by Crippen LogP contribution is -2.04. The standard InChI is InChI=1S/C15H13N3O3/c1-10-3-4-12(14(19)20)13(7-10)21-9-11-8-18-6-2-5-16-15(18)17-11/h2-8H,9H2,1H3,(H,19,20). The zero-order valence-electron chi connectivity index (χ0n) is 11.4. The molecule has 0 unspecified atom stereocenters. The van der Waals surface area contributed by atoms with Gasteiger partial charge in [0.2, 0.25) is 5.78 Å². The lowest BCUT2D eigenvalue weighted by molar-refractivity contribution is 0.0691. The second-order valence-corrected chi connectivity index (χ2v) is 4.65.